The molecule has 0 saturated carbocycles. The molecule has 2 aliphatic heterocycles. The quantitative estimate of drug-likeness (QED) is 0.476. The minimum atomic E-state index is -0.159. The highest BCUT2D eigenvalue weighted by Gasteiger charge is 2.27. The summed E-state index contributed by atoms with van der Waals surface area (Å²) in [5, 5.41) is 3.38. The van der Waals surface area contributed by atoms with Gasteiger partial charge in [-0.1, -0.05) is 17.7 Å². The topological polar surface area (TPSA) is 94.2 Å². The number of carbonyl (C=O) groups is 2. The van der Waals surface area contributed by atoms with Gasteiger partial charge in [-0.3, -0.25) is 9.59 Å². The number of piperazine rings is 1. The number of carbonyl (C=O) groups excluding carboxylic acids is 2. The Hall–Kier alpha value is -3.91. The number of fused-ring (bicyclic) bond motifs is 2. The highest BCUT2D eigenvalue weighted by molar-refractivity contribution is 6.32. The molecular formula is C25H21ClN6O2. The SMILES string of the molecule is O=C1NCc2c(Cl)ccc(-c3nc4cc(C(=O)N5CCN(c6ccccn6)CC5)ccc4[nH]3)c21. The molecule has 9 heteroatoms. The number of hydrogen-bond donors (Lipinski definition) is 2. The molecule has 0 atom stereocenters. The fourth-order valence-corrected chi connectivity index (χ4v) is 4.86. The van der Waals surface area contributed by atoms with Gasteiger partial charge in [-0.25, -0.2) is 9.97 Å². The molecule has 0 spiro atoms. The molecule has 2 amide bonds. The first-order valence-electron chi connectivity index (χ1n) is 11.1. The molecule has 2 aromatic heterocycles. The normalized spacial score (nSPS) is 15.5. The highest BCUT2D eigenvalue weighted by Crippen LogP contribution is 2.33. The van der Waals surface area contributed by atoms with Crippen LogP contribution in [0.1, 0.15) is 26.3 Å². The fraction of sp³-hybridized carbons (Fsp3) is 0.200. The molecule has 0 aliphatic carbocycles. The summed E-state index contributed by atoms with van der Waals surface area (Å²) in [6.45, 7) is 3.15. The van der Waals surface area contributed by atoms with Gasteiger partial charge in [-0.15, -0.1) is 0 Å². The Labute approximate surface area is 200 Å². The van der Waals surface area contributed by atoms with E-state index in [4.69, 9.17) is 16.6 Å². The molecule has 2 N–H and O–H groups in total. The molecule has 170 valence electrons. The molecule has 2 aromatic carbocycles. The standard InChI is InChI=1S/C25H21ClN6O2/c26-18-6-5-16(22-17(18)14-28-24(22)33)23-29-19-7-4-15(13-20(19)30-23)25(34)32-11-9-31(10-12-32)21-3-1-2-8-27-21/h1-8,13H,9-12,14H2,(H,28,33)(H,29,30). The number of amides is 2. The number of nitrogens with zero attached hydrogens (tertiary/aromatic N) is 4. The second kappa shape index (κ2) is 8.14. The number of halogens is 1. The number of anilines is 1. The zero-order valence-electron chi connectivity index (χ0n) is 18.2. The van der Waals surface area contributed by atoms with E-state index in [1.165, 1.54) is 0 Å². The van der Waals surface area contributed by atoms with Crippen LogP contribution in [-0.2, 0) is 6.54 Å². The first kappa shape index (κ1) is 20.7. The van der Waals surface area contributed by atoms with Crippen molar-refractivity contribution in [2.24, 2.45) is 0 Å². The van der Waals surface area contributed by atoms with E-state index < -0.39 is 0 Å². The number of imidazole rings is 1. The van der Waals surface area contributed by atoms with Crippen LogP contribution in [0.5, 0.6) is 0 Å². The van der Waals surface area contributed by atoms with Gasteiger partial charge in [0.1, 0.15) is 11.6 Å². The lowest BCUT2D eigenvalue weighted by molar-refractivity contribution is 0.0746. The van der Waals surface area contributed by atoms with Crippen molar-refractivity contribution < 1.29 is 9.59 Å². The minimum absolute atomic E-state index is 0.0149. The third kappa shape index (κ3) is 3.47. The van der Waals surface area contributed by atoms with E-state index in [0.29, 0.717) is 52.7 Å². The Morgan fingerprint density at radius 1 is 1.03 bits per heavy atom. The Morgan fingerprint density at radius 2 is 1.88 bits per heavy atom. The number of pyridine rings is 1. The van der Waals surface area contributed by atoms with Crippen molar-refractivity contribution in [3.63, 3.8) is 0 Å². The van der Waals surface area contributed by atoms with Crippen LogP contribution in [0.3, 0.4) is 0 Å². The summed E-state index contributed by atoms with van der Waals surface area (Å²) in [7, 11) is 0. The maximum absolute atomic E-state index is 13.2. The van der Waals surface area contributed by atoms with Crippen molar-refractivity contribution in [3.05, 3.63) is 76.4 Å². The van der Waals surface area contributed by atoms with Gasteiger partial charge in [-0.05, 0) is 42.5 Å². The van der Waals surface area contributed by atoms with Crippen LogP contribution in [0.25, 0.3) is 22.4 Å². The molecule has 0 unspecified atom stereocenters. The van der Waals surface area contributed by atoms with Crippen LogP contribution in [0.15, 0.2) is 54.7 Å². The number of H-pyrrole nitrogens is 1. The van der Waals surface area contributed by atoms with Gasteiger partial charge < -0.3 is 20.1 Å². The van der Waals surface area contributed by atoms with Crippen molar-refractivity contribution in [3.8, 4) is 11.4 Å². The molecule has 6 rings (SSSR count). The Bertz CT molecular complexity index is 1430. The van der Waals surface area contributed by atoms with Gasteiger partial charge in [0.05, 0.1) is 16.6 Å². The van der Waals surface area contributed by atoms with Crippen molar-refractivity contribution in [1.82, 2.24) is 25.2 Å². The summed E-state index contributed by atoms with van der Waals surface area (Å²) in [5.41, 5.74) is 4.10. The zero-order valence-corrected chi connectivity index (χ0v) is 19.0. The third-order valence-electron chi connectivity index (χ3n) is 6.43. The lowest BCUT2D eigenvalue weighted by Crippen LogP contribution is -2.49. The molecular weight excluding hydrogens is 452 g/mol. The van der Waals surface area contributed by atoms with Crippen molar-refractivity contribution >= 4 is 40.3 Å². The van der Waals surface area contributed by atoms with E-state index >= 15 is 0 Å². The Kier molecular flexibility index (Phi) is 4.95. The predicted octanol–water partition coefficient (Wildman–Crippen LogP) is 3.48. The van der Waals surface area contributed by atoms with Crippen molar-refractivity contribution in [2.75, 3.05) is 31.1 Å². The Balaban J connectivity index is 1.24. The van der Waals surface area contributed by atoms with Crippen molar-refractivity contribution in [1.29, 1.82) is 0 Å². The van der Waals surface area contributed by atoms with Gasteiger partial charge in [0.25, 0.3) is 11.8 Å². The smallest absolute Gasteiger partial charge is 0.254 e. The average Bonchev–Trinajstić information content (AvgIpc) is 3.48. The molecule has 8 nitrogen and oxygen atoms in total. The van der Waals surface area contributed by atoms with Gasteiger partial charge in [-0.2, -0.15) is 0 Å². The van der Waals surface area contributed by atoms with Crippen LogP contribution < -0.4 is 10.2 Å². The minimum Gasteiger partial charge on any atom is -0.353 e. The Morgan fingerprint density at radius 3 is 2.68 bits per heavy atom. The van der Waals surface area contributed by atoms with Crippen LogP contribution in [-0.4, -0.2) is 57.8 Å². The fourth-order valence-electron chi connectivity index (χ4n) is 4.64. The summed E-state index contributed by atoms with van der Waals surface area (Å²) in [6.07, 6.45) is 1.78. The maximum atomic E-state index is 13.2. The maximum Gasteiger partial charge on any atom is 0.254 e. The summed E-state index contributed by atoms with van der Waals surface area (Å²) < 4.78 is 0. The van der Waals surface area contributed by atoms with Crippen LogP contribution in [0, 0.1) is 0 Å². The average molecular weight is 473 g/mol. The molecule has 0 radical (unpaired) electrons. The van der Waals surface area contributed by atoms with E-state index in [1.54, 1.807) is 24.4 Å². The molecule has 1 saturated heterocycles. The lowest BCUT2D eigenvalue weighted by Gasteiger charge is -2.35. The van der Waals surface area contributed by atoms with Gasteiger partial charge in [0.2, 0.25) is 0 Å². The highest BCUT2D eigenvalue weighted by atomic mass is 35.5. The van der Waals surface area contributed by atoms with Gasteiger partial charge >= 0.3 is 0 Å². The first-order valence-corrected chi connectivity index (χ1v) is 11.5. The zero-order chi connectivity index (χ0) is 23.2. The summed E-state index contributed by atoms with van der Waals surface area (Å²) in [6, 6.07) is 14.9. The van der Waals surface area contributed by atoms with Gasteiger partial charge in [0, 0.05) is 60.6 Å². The second-order valence-corrected chi connectivity index (χ2v) is 8.82. The first-order chi connectivity index (χ1) is 16.6. The van der Waals surface area contributed by atoms with Crippen LogP contribution in [0.2, 0.25) is 5.02 Å². The van der Waals surface area contributed by atoms with Crippen LogP contribution in [0.4, 0.5) is 5.82 Å². The largest absolute Gasteiger partial charge is 0.353 e. The molecule has 2 aliphatic rings. The third-order valence-corrected chi connectivity index (χ3v) is 6.79. The van der Waals surface area contributed by atoms with E-state index in [1.807, 2.05) is 35.2 Å². The van der Waals surface area contributed by atoms with Crippen LogP contribution >= 0.6 is 11.6 Å². The predicted molar refractivity (Wildman–Crippen MR) is 130 cm³/mol. The monoisotopic (exact) mass is 472 g/mol. The number of rotatable bonds is 3. The second-order valence-electron chi connectivity index (χ2n) is 8.42. The molecule has 4 heterocycles. The van der Waals surface area contributed by atoms with Gasteiger partial charge in [0.15, 0.2) is 0 Å². The number of hydrogen-bond acceptors (Lipinski definition) is 5. The lowest BCUT2D eigenvalue weighted by atomic mass is 10.0. The molecule has 4 aromatic rings. The molecule has 0 bridgehead atoms. The van der Waals surface area contributed by atoms with E-state index in [9.17, 15) is 9.59 Å². The molecule has 1 fully saturated rings. The van der Waals surface area contributed by atoms with E-state index in [-0.39, 0.29) is 11.8 Å². The number of benzene rings is 2. The van der Waals surface area contributed by atoms with Crippen molar-refractivity contribution in [2.45, 2.75) is 6.54 Å². The summed E-state index contributed by atoms with van der Waals surface area (Å²) in [4.78, 5) is 42.0. The number of aromatic nitrogens is 3. The van der Waals surface area contributed by atoms with E-state index in [0.717, 1.165) is 30.0 Å². The number of nitrogens with one attached hydrogen (secondary N) is 2. The summed E-state index contributed by atoms with van der Waals surface area (Å²) >= 11 is 6.27. The van der Waals surface area contributed by atoms with E-state index in [2.05, 4.69) is 20.2 Å². The summed E-state index contributed by atoms with van der Waals surface area (Å²) in [5.74, 6) is 1.34. The molecule has 34 heavy (non-hydrogen) atoms. The number of aromatic amines is 1.